The van der Waals surface area contributed by atoms with E-state index in [4.69, 9.17) is 27.9 Å². The van der Waals surface area contributed by atoms with Crippen molar-refractivity contribution in [2.24, 2.45) is 0 Å². The molecule has 0 radical (unpaired) electrons. The highest BCUT2D eigenvalue weighted by Gasteiger charge is 2.30. The Morgan fingerprint density at radius 1 is 1.14 bits per heavy atom. The number of rotatable bonds is 2. The van der Waals surface area contributed by atoms with Crippen LogP contribution in [0.4, 0.5) is 0 Å². The Bertz CT molecular complexity index is 697. The standard InChI is InChI=1S/C17H15BrCl2O/c1-17(2)9-12-7-10(4-6-15(12)21-17)16(20)11-3-5-13(18)14(19)8-11/h3-8,16H,9H2,1-2H3. The van der Waals surface area contributed by atoms with Gasteiger partial charge in [0.25, 0.3) is 0 Å². The van der Waals surface area contributed by atoms with Crippen molar-refractivity contribution in [1.29, 1.82) is 0 Å². The molecular weight excluding hydrogens is 371 g/mol. The molecule has 0 saturated carbocycles. The Morgan fingerprint density at radius 2 is 1.81 bits per heavy atom. The third-order valence-electron chi connectivity index (χ3n) is 3.62. The van der Waals surface area contributed by atoms with Crippen LogP contribution in [0.25, 0.3) is 0 Å². The molecule has 4 heteroatoms. The zero-order valence-electron chi connectivity index (χ0n) is 11.8. The van der Waals surface area contributed by atoms with Crippen LogP contribution in [-0.2, 0) is 6.42 Å². The maximum Gasteiger partial charge on any atom is 0.123 e. The van der Waals surface area contributed by atoms with Crippen LogP contribution in [0, 0.1) is 0 Å². The second-order valence-corrected chi connectivity index (χ2v) is 7.64. The van der Waals surface area contributed by atoms with Crippen LogP contribution >= 0.6 is 39.1 Å². The van der Waals surface area contributed by atoms with E-state index in [1.807, 2.05) is 30.3 Å². The lowest BCUT2D eigenvalue weighted by Gasteiger charge is -2.16. The molecule has 0 aliphatic carbocycles. The fourth-order valence-electron chi connectivity index (χ4n) is 2.65. The van der Waals surface area contributed by atoms with Crippen molar-refractivity contribution in [2.75, 3.05) is 0 Å². The van der Waals surface area contributed by atoms with E-state index in [9.17, 15) is 0 Å². The highest BCUT2D eigenvalue weighted by Crippen LogP contribution is 2.39. The minimum absolute atomic E-state index is 0.135. The molecular formula is C17H15BrCl2O. The molecule has 0 amide bonds. The van der Waals surface area contributed by atoms with Gasteiger partial charge >= 0.3 is 0 Å². The van der Waals surface area contributed by atoms with Crippen LogP contribution in [0.5, 0.6) is 5.75 Å². The maximum absolute atomic E-state index is 6.61. The van der Waals surface area contributed by atoms with Gasteiger partial charge in [0.05, 0.1) is 10.4 Å². The Kier molecular flexibility index (Phi) is 3.98. The molecule has 0 N–H and O–H groups in total. The summed E-state index contributed by atoms with van der Waals surface area (Å²) in [4.78, 5) is 0. The van der Waals surface area contributed by atoms with Crippen LogP contribution in [0.1, 0.15) is 35.9 Å². The van der Waals surface area contributed by atoms with E-state index in [1.54, 1.807) is 0 Å². The lowest BCUT2D eigenvalue weighted by atomic mass is 9.97. The molecule has 0 fully saturated rings. The molecule has 1 heterocycles. The molecule has 110 valence electrons. The summed E-state index contributed by atoms with van der Waals surface area (Å²) < 4.78 is 6.77. The smallest absolute Gasteiger partial charge is 0.123 e. The average Bonchev–Trinajstić information content (AvgIpc) is 2.73. The summed E-state index contributed by atoms with van der Waals surface area (Å²) in [5.41, 5.74) is 3.13. The number of alkyl halides is 1. The number of fused-ring (bicyclic) bond motifs is 1. The predicted octanol–water partition coefficient (Wildman–Crippen LogP) is 6.14. The molecule has 2 aromatic rings. The van der Waals surface area contributed by atoms with Gasteiger partial charge in [-0.15, -0.1) is 11.6 Å². The first-order chi connectivity index (χ1) is 9.85. The third-order valence-corrected chi connectivity index (χ3v) is 5.35. The molecule has 1 atom stereocenters. The number of halogens is 3. The zero-order valence-corrected chi connectivity index (χ0v) is 14.9. The minimum atomic E-state index is -0.218. The number of ether oxygens (including phenoxy) is 1. The van der Waals surface area contributed by atoms with Gasteiger partial charge in [-0.25, -0.2) is 0 Å². The van der Waals surface area contributed by atoms with Gasteiger partial charge in [-0.2, -0.15) is 0 Å². The monoisotopic (exact) mass is 384 g/mol. The summed E-state index contributed by atoms with van der Waals surface area (Å²) in [5, 5.41) is 0.452. The van der Waals surface area contributed by atoms with Crippen molar-refractivity contribution in [2.45, 2.75) is 31.2 Å². The highest BCUT2D eigenvalue weighted by molar-refractivity contribution is 9.10. The van der Waals surface area contributed by atoms with Crippen LogP contribution < -0.4 is 4.74 Å². The van der Waals surface area contributed by atoms with E-state index in [0.29, 0.717) is 5.02 Å². The van der Waals surface area contributed by atoms with Gasteiger partial charge in [-0.3, -0.25) is 0 Å². The van der Waals surface area contributed by atoms with Crippen molar-refractivity contribution < 1.29 is 4.74 Å². The predicted molar refractivity (Wildman–Crippen MR) is 91.7 cm³/mol. The second-order valence-electron chi connectivity index (χ2n) is 5.94. The molecule has 2 aromatic carbocycles. The molecule has 1 unspecified atom stereocenters. The van der Waals surface area contributed by atoms with E-state index in [2.05, 4.69) is 35.8 Å². The minimum Gasteiger partial charge on any atom is -0.487 e. The first kappa shape index (κ1) is 15.2. The summed E-state index contributed by atoms with van der Waals surface area (Å²) in [6, 6.07) is 12.0. The van der Waals surface area contributed by atoms with Gasteiger partial charge in [-0.05, 0) is 64.7 Å². The first-order valence-corrected chi connectivity index (χ1v) is 8.37. The Morgan fingerprint density at radius 3 is 2.52 bits per heavy atom. The Balaban J connectivity index is 1.93. The summed E-state index contributed by atoms with van der Waals surface area (Å²) in [7, 11) is 0. The molecule has 1 aliphatic heterocycles. The van der Waals surface area contributed by atoms with Gasteiger partial charge in [-0.1, -0.05) is 29.8 Å². The van der Waals surface area contributed by atoms with Crippen molar-refractivity contribution in [3.63, 3.8) is 0 Å². The molecule has 0 bridgehead atoms. The number of benzene rings is 2. The Hall–Kier alpha value is -0.700. The topological polar surface area (TPSA) is 9.23 Å². The van der Waals surface area contributed by atoms with Gasteiger partial charge < -0.3 is 4.74 Å². The zero-order chi connectivity index (χ0) is 15.2. The van der Waals surface area contributed by atoms with Gasteiger partial charge in [0.2, 0.25) is 0 Å². The van der Waals surface area contributed by atoms with Gasteiger partial charge in [0.1, 0.15) is 11.4 Å². The lowest BCUT2D eigenvalue weighted by molar-refractivity contribution is 0.138. The largest absolute Gasteiger partial charge is 0.487 e. The van der Waals surface area contributed by atoms with Crippen molar-refractivity contribution >= 4 is 39.1 Å². The summed E-state index contributed by atoms with van der Waals surface area (Å²) in [5.74, 6) is 0.960. The van der Waals surface area contributed by atoms with Crippen molar-refractivity contribution in [3.05, 3.63) is 62.6 Å². The quantitative estimate of drug-likeness (QED) is 0.563. The van der Waals surface area contributed by atoms with E-state index >= 15 is 0 Å². The molecule has 1 aliphatic rings. The van der Waals surface area contributed by atoms with Crippen LogP contribution in [0.3, 0.4) is 0 Å². The number of hydrogen-bond acceptors (Lipinski definition) is 1. The SMILES string of the molecule is CC1(C)Cc2cc(C(Cl)c3ccc(Br)c(Cl)c3)ccc2O1. The van der Waals surface area contributed by atoms with Crippen molar-refractivity contribution in [3.8, 4) is 5.75 Å². The molecule has 0 saturated heterocycles. The van der Waals surface area contributed by atoms with Gasteiger partial charge in [0.15, 0.2) is 0 Å². The maximum atomic E-state index is 6.61. The van der Waals surface area contributed by atoms with Crippen LogP contribution in [-0.4, -0.2) is 5.60 Å². The summed E-state index contributed by atoms with van der Waals surface area (Å²) in [6.07, 6.45) is 0.904. The average molecular weight is 386 g/mol. The van der Waals surface area contributed by atoms with Gasteiger partial charge in [0, 0.05) is 10.9 Å². The van der Waals surface area contributed by atoms with Crippen LogP contribution in [0.2, 0.25) is 5.02 Å². The van der Waals surface area contributed by atoms with E-state index < -0.39 is 0 Å². The highest BCUT2D eigenvalue weighted by atomic mass is 79.9. The summed E-state index contributed by atoms with van der Waals surface area (Å²) >= 11 is 16.2. The van der Waals surface area contributed by atoms with E-state index in [1.165, 1.54) is 5.56 Å². The molecule has 21 heavy (non-hydrogen) atoms. The molecule has 3 rings (SSSR count). The lowest BCUT2D eigenvalue weighted by Crippen LogP contribution is -2.24. The number of hydrogen-bond donors (Lipinski definition) is 0. The molecule has 1 nitrogen and oxygen atoms in total. The van der Waals surface area contributed by atoms with Crippen molar-refractivity contribution in [1.82, 2.24) is 0 Å². The summed E-state index contributed by atoms with van der Waals surface area (Å²) in [6.45, 7) is 4.19. The fraction of sp³-hybridized carbons (Fsp3) is 0.294. The van der Waals surface area contributed by atoms with E-state index in [-0.39, 0.29) is 11.0 Å². The fourth-order valence-corrected chi connectivity index (χ4v) is 3.36. The first-order valence-electron chi connectivity index (χ1n) is 6.76. The Labute approximate surface area is 143 Å². The second kappa shape index (κ2) is 5.49. The van der Waals surface area contributed by atoms with E-state index in [0.717, 1.165) is 27.8 Å². The molecule has 0 aromatic heterocycles. The third kappa shape index (κ3) is 3.08. The molecule has 0 spiro atoms. The van der Waals surface area contributed by atoms with Crippen LogP contribution in [0.15, 0.2) is 40.9 Å². The normalized spacial score (nSPS) is 17.2.